The van der Waals surface area contributed by atoms with Gasteiger partial charge in [0.25, 0.3) is 0 Å². The first-order chi connectivity index (χ1) is 8.56. The van der Waals surface area contributed by atoms with E-state index in [0.29, 0.717) is 19.5 Å². The first-order valence-electron chi connectivity index (χ1n) is 6.01. The lowest BCUT2D eigenvalue weighted by atomic mass is 10.00. The van der Waals surface area contributed by atoms with E-state index in [1.54, 1.807) is 18.2 Å². The van der Waals surface area contributed by atoms with Crippen molar-refractivity contribution in [2.24, 2.45) is 5.73 Å². The SMILES string of the molecule is CC1(CCCN)CN(c2ccccc2F)C(=O)O1. The minimum absolute atomic E-state index is 0.263. The van der Waals surface area contributed by atoms with E-state index in [1.807, 2.05) is 6.92 Å². The van der Waals surface area contributed by atoms with Crippen LogP contribution in [0.25, 0.3) is 0 Å². The second kappa shape index (κ2) is 4.94. The van der Waals surface area contributed by atoms with Crippen LogP contribution >= 0.6 is 0 Å². The molecule has 1 unspecified atom stereocenters. The van der Waals surface area contributed by atoms with Crippen LogP contribution in [-0.4, -0.2) is 24.8 Å². The predicted octanol–water partition coefficient (Wildman–Crippen LogP) is 2.28. The van der Waals surface area contributed by atoms with Gasteiger partial charge in [0.05, 0.1) is 12.2 Å². The van der Waals surface area contributed by atoms with Crippen LogP contribution in [-0.2, 0) is 4.74 Å². The fraction of sp³-hybridized carbons (Fsp3) is 0.462. The molecule has 1 aliphatic heterocycles. The van der Waals surface area contributed by atoms with Gasteiger partial charge >= 0.3 is 6.09 Å². The first kappa shape index (κ1) is 12.8. The van der Waals surface area contributed by atoms with Crippen molar-refractivity contribution >= 4 is 11.8 Å². The fourth-order valence-corrected chi connectivity index (χ4v) is 2.16. The molecule has 18 heavy (non-hydrogen) atoms. The molecule has 98 valence electrons. The van der Waals surface area contributed by atoms with Gasteiger partial charge in [0.15, 0.2) is 0 Å². The van der Waals surface area contributed by atoms with Crippen molar-refractivity contribution in [1.82, 2.24) is 0 Å². The molecule has 0 aliphatic carbocycles. The summed E-state index contributed by atoms with van der Waals surface area (Å²) in [4.78, 5) is 13.2. The topological polar surface area (TPSA) is 55.6 Å². The monoisotopic (exact) mass is 252 g/mol. The lowest BCUT2D eigenvalue weighted by Crippen LogP contribution is -2.32. The van der Waals surface area contributed by atoms with Gasteiger partial charge in [0, 0.05) is 0 Å². The summed E-state index contributed by atoms with van der Waals surface area (Å²) in [5.41, 5.74) is 5.13. The number of hydrogen-bond donors (Lipinski definition) is 1. The van der Waals surface area contributed by atoms with Crippen molar-refractivity contribution < 1.29 is 13.9 Å². The first-order valence-corrected chi connectivity index (χ1v) is 6.01. The molecule has 0 radical (unpaired) electrons. The number of para-hydroxylation sites is 1. The summed E-state index contributed by atoms with van der Waals surface area (Å²) in [6.07, 6.45) is 0.953. The molecule has 4 nitrogen and oxygen atoms in total. The molecule has 1 aliphatic rings. The van der Waals surface area contributed by atoms with Crippen LogP contribution in [0.1, 0.15) is 19.8 Å². The van der Waals surface area contributed by atoms with Gasteiger partial charge in [-0.3, -0.25) is 4.90 Å². The van der Waals surface area contributed by atoms with Crippen molar-refractivity contribution in [2.45, 2.75) is 25.4 Å². The molecule has 0 spiro atoms. The van der Waals surface area contributed by atoms with E-state index < -0.39 is 17.5 Å². The Morgan fingerprint density at radius 2 is 2.22 bits per heavy atom. The van der Waals surface area contributed by atoms with E-state index in [1.165, 1.54) is 11.0 Å². The fourth-order valence-electron chi connectivity index (χ4n) is 2.16. The average molecular weight is 252 g/mol. The molecule has 0 saturated carbocycles. The number of ether oxygens (including phenoxy) is 1. The van der Waals surface area contributed by atoms with E-state index in [2.05, 4.69) is 0 Å². The summed E-state index contributed by atoms with van der Waals surface area (Å²) < 4.78 is 19.0. The quantitative estimate of drug-likeness (QED) is 0.894. The van der Waals surface area contributed by atoms with Gasteiger partial charge in [0.2, 0.25) is 0 Å². The highest BCUT2D eigenvalue weighted by atomic mass is 19.1. The van der Waals surface area contributed by atoms with Crippen molar-refractivity contribution in [3.63, 3.8) is 0 Å². The van der Waals surface area contributed by atoms with Crippen LogP contribution in [0.2, 0.25) is 0 Å². The Kier molecular flexibility index (Phi) is 3.52. The van der Waals surface area contributed by atoms with Crippen LogP contribution in [0.3, 0.4) is 0 Å². The van der Waals surface area contributed by atoms with E-state index in [4.69, 9.17) is 10.5 Å². The third kappa shape index (κ3) is 2.46. The Balaban J connectivity index is 2.17. The van der Waals surface area contributed by atoms with E-state index >= 15 is 0 Å². The number of anilines is 1. The molecular weight excluding hydrogens is 235 g/mol. The molecule has 5 heteroatoms. The van der Waals surface area contributed by atoms with E-state index in [9.17, 15) is 9.18 Å². The molecule has 1 heterocycles. The maximum absolute atomic E-state index is 13.6. The number of nitrogens with zero attached hydrogens (tertiary/aromatic N) is 1. The molecule has 1 aromatic carbocycles. The number of cyclic esters (lactones) is 1. The normalized spacial score (nSPS) is 23.3. The summed E-state index contributed by atoms with van der Waals surface area (Å²) in [5.74, 6) is -0.419. The summed E-state index contributed by atoms with van der Waals surface area (Å²) in [7, 11) is 0. The molecule has 1 saturated heterocycles. The van der Waals surface area contributed by atoms with Gasteiger partial charge in [-0.15, -0.1) is 0 Å². The highest BCUT2D eigenvalue weighted by molar-refractivity contribution is 5.90. The van der Waals surface area contributed by atoms with Crippen LogP contribution in [0, 0.1) is 5.82 Å². The number of carbonyl (C=O) groups excluding carboxylic acids is 1. The third-order valence-electron chi connectivity index (χ3n) is 3.10. The van der Waals surface area contributed by atoms with Crippen molar-refractivity contribution in [3.8, 4) is 0 Å². The van der Waals surface area contributed by atoms with Crippen LogP contribution < -0.4 is 10.6 Å². The molecule has 0 aromatic heterocycles. The van der Waals surface area contributed by atoms with Crippen molar-refractivity contribution in [3.05, 3.63) is 30.1 Å². The lowest BCUT2D eigenvalue weighted by Gasteiger charge is -2.21. The predicted molar refractivity (Wildman–Crippen MR) is 66.9 cm³/mol. The summed E-state index contributed by atoms with van der Waals surface area (Å²) in [6, 6.07) is 6.19. The number of carbonyl (C=O) groups is 1. The number of nitrogens with two attached hydrogens (primary N) is 1. The maximum Gasteiger partial charge on any atom is 0.415 e. The standard InChI is InChI=1S/C13H17FN2O2/c1-13(7-4-8-15)9-16(12(17)18-13)11-6-3-2-5-10(11)14/h2-3,5-6H,4,7-9,15H2,1H3. The molecule has 1 amide bonds. The minimum Gasteiger partial charge on any atom is -0.441 e. The highest BCUT2D eigenvalue weighted by Gasteiger charge is 2.42. The zero-order valence-corrected chi connectivity index (χ0v) is 10.4. The number of rotatable bonds is 4. The zero-order valence-electron chi connectivity index (χ0n) is 10.4. The Morgan fingerprint density at radius 1 is 1.50 bits per heavy atom. The third-order valence-corrected chi connectivity index (χ3v) is 3.10. The van der Waals surface area contributed by atoms with Gasteiger partial charge in [0.1, 0.15) is 11.4 Å². The van der Waals surface area contributed by atoms with Crippen LogP contribution in [0.15, 0.2) is 24.3 Å². The molecule has 2 N–H and O–H groups in total. The van der Waals surface area contributed by atoms with E-state index in [0.717, 1.165) is 6.42 Å². The Labute approximate surface area is 106 Å². The van der Waals surface area contributed by atoms with Crippen molar-refractivity contribution in [2.75, 3.05) is 18.0 Å². The molecule has 1 aromatic rings. The van der Waals surface area contributed by atoms with Crippen LogP contribution in [0.4, 0.5) is 14.9 Å². The summed E-state index contributed by atoms with van der Waals surface area (Å²) >= 11 is 0. The maximum atomic E-state index is 13.6. The van der Waals surface area contributed by atoms with Crippen molar-refractivity contribution in [1.29, 1.82) is 0 Å². The Bertz CT molecular complexity index is 452. The minimum atomic E-state index is -0.585. The number of hydrogen-bond acceptors (Lipinski definition) is 3. The van der Waals surface area contributed by atoms with Crippen LogP contribution in [0.5, 0.6) is 0 Å². The number of halogens is 1. The van der Waals surface area contributed by atoms with Gasteiger partial charge < -0.3 is 10.5 Å². The average Bonchev–Trinajstić information content (AvgIpc) is 2.64. The van der Waals surface area contributed by atoms with Gasteiger partial charge in [-0.2, -0.15) is 0 Å². The Hall–Kier alpha value is -1.62. The van der Waals surface area contributed by atoms with Gasteiger partial charge in [-0.25, -0.2) is 9.18 Å². The lowest BCUT2D eigenvalue weighted by molar-refractivity contribution is 0.0640. The second-order valence-electron chi connectivity index (χ2n) is 4.75. The smallest absolute Gasteiger partial charge is 0.415 e. The van der Waals surface area contributed by atoms with Gasteiger partial charge in [-0.05, 0) is 38.4 Å². The zero-order chi connectivity index (χ0) is 13.2. The molecule has 0 bridgehead atoms. The molecule has 1 atom stereocenters. The molecule has 1 fully saturated rings. The molecular formula is C13H17FN2O2. The number of amides is 1. The summed E-state index contributed by atoms with van der Waals surface area (Å²) in [6.45, 7) is 2.75. The largest absolute Gasteiger partial charge is 0.441 e. The van der Waals surface area contributed by atoms with E-state index in [-0.39, 0.29) is 5.69 Å². The highest BCUT2D eigenvalue weighted by Crippen LogP contribution is 2.32. The Morgan fingerprint density at radius 3 is 2.89 bits per heavy atom. The molecule has 2 rings (SSSR count). The second-order valence-corrected chi connectivity index (χ2v) is 4.75. The van der Waals surface area contributed by atoms with Gasteiger partial charge in [-0.1, -0.05) is 12.1 Å². The number of benzene rings is 1. The summed E-state index contributed by atoms with van der Waals surface area (Å²) in [5, 5.41) is 0.